The molecule has 2 heterocycles. The SMILES string of the molecule is CN1c2c(Cl)cnc(=O)n2CC1(C)C. The molecule has 1 aliphatic heterocycles. The van der Waals surface area contributed by atoms with Crippen LogP contribution in [-0.2, 0) is 6.54 Å². The zero-order chi connectivity index (χ0) is 10.5. The van der Waals surface area contributed by atoms with Crippen molar-refractivity contribution in [1.82, 2.24) is 9.55 Å². The summed E-state index contributed by atoms with van der Waals surface area (Å²) in [6.45, 7) is 4.76. The fraction of sp³-hybridized carbons (Fsp3) is 0.556. The molecule has 0 radical (unpaired) electrons. The van der Waals surface area contributed by atoms with Crippen LogP contribution >= 0.6 is 11.6 Å². The fourth-order valence-electron chi connectivity index (χ4n) is 1.72. The number of rotatable bonds is 0. The highest BCUT2D eigenvalue weighted by Crippen LogP contribution is 2.34. The molecule has 2 rings (SSSR count). The number of fused-ring (bicyclic) bond motifs is 1. The summed E-state index contributed by atoms with van der Waals surface area (Å²) >= 11 is 6.00. The Labute approximate surface area is 87.1 Å². The lowest BCUT2D eigenvalue weighted by Gasteiger charge is -2.28. The Morgan fingerprint density at radius 2 is 2.21 bits per heavy atom. The molecular weight excluding hydrogens is 202 g/mol. The van der Waals surface area contributed by atoms with E-state index in [9.17, 15) is 4.79 Å². The monoisotopic (exact) mass is 213 g/mol. The van der Waals surface area contributed by atoms with Gasteiger partial charge < -0.3 is 4.90 Å². The second kappa shape index (κ2) is 2.73. The Hall–Kier alpha value is -1.03. The molecule has 0 N–H and O–H groups in total. The summed E-state index contributed by atoms with van der Waals surface area (Å²) in [5.41, 5.74) is -0.319. The topological polar surface area (TPSA) is 38.1 Å². The molecule has 1 aromatic heterocycles. The quantitative estimate of drug-likeness (QED) is 0.649. The van der Waals surface area contributed by atoms with Gasteiger partial charge >= 0.3 is 5.69 Å². The van der Waals surface area contributed by atoms with Gasteiger partial charge in [0.05, 0.1) is 23.3 Å². The van der Waals surface area contributed by atoms with Gasteiger partial charge in [-0.2, -0.15) is 4.98 Å². The normalized spacial score (nSPS) is 18.4. The van der Waals surface area contributed by atoms with Crippen molar-refractivity contribution in [3.63, 3.8) is 0 Å². The molecule has 0 aromatic carbocycles. The van der Waals surface area contributed by atoms with Crippen molar-refractivity contribution >= 4 is 17.4 Å². The maximum atomic E-state index is 11.5. The van der Waals surface area contributed by atoms with E-state index in [1.807, 2.05) is 11.9 Å². The molecule has 0 saturated carbocycles. The molecule has 14 heavy (non-hydrogen) atoms. The van der Waals surface area contributed by atoms with Crippen molar-refractivity contribution in [2.45, 2.75) is 25.9 Å². The van der Waals surface area contributed by atoms with Crippen molar-refractivity contribution < 1.29 is 0 Å². The summed E-state index contributed by atoms with van der Waals surface area (Å²) in [6.07, 6.45) is 1.41. The summed E-state index contributed by atoms with van der Waals surface area (Å²) in [4.78, 5) is 17.2. The van der Waals surface area contributed by atoms with E-state index in [4.69, 9.17) is 11.6 Å². The predicted octanol–water partition coefficient (Wildman–Crippen LogP) is 1.13. The Morgan fingerprint density at radius 3 is 2.79 bits per heavy atom. The van der Waals surface area contributed by atoms with Gasteiger partial charge in [-0.15, -0.1) is 0 Å². The molecule has 4 nitrogen and oxygen atoms in total. The molecule has 1 aromatic rings. The predicted molar refractivity (Wildman–Crippen MR) is 56.0 cm³/mol. The minimum absolute atomic E-state index is 0.0845. The smallest absolute Gasteiger partial charge is 0.349 e. The van der Waals surface area contributed by atoms with E-state index in [1.54, 1.807) is 4.57 Å². The van der Waals surface area contributed by atoms with Gasteiger partial charge in [-0.3, -0.25) is 4.57 Å². The van der Waals surface area contributed by atoms with Crippen molar-refractivity contribution in [2.75, 3.05) is 11.9 Å². The average molecular weight is 214 g/mol. The van der Waals surface area contributed by atoms with E-state index in [1.165, 1.54) is 6.20 Å². The van der Waals surface area contributed by atoms with Crippen LogP contribution in [0.2, 0.25) is 5.02 Å². The van der Waals surface area contributed by atoms with E-state index >= 15 is 0 Å². The van der Waals surface area contributed by atoms with Crippen molar-refractivity contribution in [3.05, 3.63) is 21.7 Å². The first-order valence-corrected chi connectivity index (χ1v) is 4.80. The van der Waals surface area contributed by atoms with E-state index in [-0.39, 0.29) is 11.2 Å². The van der Waals surface area contributed by atoms with Crippen molar-refractivity contribution in [3.8, 4) is 0 Å². The highest BCUT2D eigenvalue weighted by molar-refractivity contribution is 6.32. The lowest BCUT2D eigenvalue weighted by molar-refractivity contribution is 0.466. The van der Waals surface area contributed by atoms with E-state index in [0.717, 1.165) is 5.82 Å². The largest absolute Gasteiger partial charge is 0.353 e. The zero-order valence-corrected chi connectivity index (χ0v) is 9.17. The minimum Gasteiger partial charge on any atom is -0.353 e. The number of nitrogens with zero attached hydrogens (tertiary/aromatic N) is 3. The third kappa shape index (κ3) is 1.14. The molecule has 0 bridgehead atoms. The molecule has 0 atom stereocenters. The number of hydrogen-bond acceptors (Lipinski definition) is 3. The Morgan fingerprint density at radius 1 is 1.57 bits per heavy atom. The molecule has 5 heteroatoms. The third-order valence-corrected chi connectivity index (χ3v) is 3.03. The summed E-state index contributed by atoms with van der Waals surface area (Å²) in [6, 6.07) is 0. The number of aromatic nitrogens is 2. The molecule has 1 aliphatic rings. The molecule has 0 spiro atoms. The first-order chi connectivity index (χ1) is 6.43. The van der Waals surface area contributed by atoms with Gasteiger partial charge in [-0.05, 0) is 13.8 Å². The lowest BCUT2D eigenvalue weighted by Crippen LogP contribution is -2.38. The van der Waals surface area contributed by atoms with E-state index in [0.29, 0.717) is 11.6 Å². The van der Waals surface area contributed by atoms with Crippen LogP contribution < -0.4 is 10.6 Å². The Bertz CT molecular complexity index is 438. The zero-order valence-electron chi connectivity index (χ0n) is 8.41. The first-order valence-electron chi connectivity index (χ1n) is 4.43. The average Bonchev–Trinajstić information content (AvgIpc) is 2.33. The van der Waals surface area contributed by atoms with Crippen molar-refractivity contribution in [2.24, 2.45) is 0 Å². The van der Waals surface area contributed by atoms with Crippen LogP contribution in [0.4, 0.5) is 5.82 Å². The number of anilines is 1. The molecule has 0 amide bonds. The van der Waals surface area contributed by atoms with Crippen LogP contribution in [0.1, 0.15) is 13.8 Å². The number of hydrogen-bond donors (Lipinski definition) is 0. The minimum atomic E-state index is -0.234. The van der Waals surface area contributed by atoms with Crippen LogP contribution in [0.15, 0.2) is 11.0 Å². The number of halogens is 1. The fourth-order valence-corrected chi connectivity index (χ4v) is 2.00. The third-order valence-electron chi connectivity index (χ3n) is 2.76. The molecule has 76 valence electrons. The molecule has 0 unspecified atom stereocenters. The molecule has 0 saturated heterocycles. The second-order valence-corrected chi connectivity index (χ2v) is 4.58. The maximum absolute atomic E-state index is 11.5. The second-order valence-electron chi connectivity index (χ2n) is 4.17. The van der Waals surface area contributed by atoms with Gasteiger partial charge in [0.1, 0.15) is 5.82 Å². The summed E-state index contributed by atoms with van der Waals surface area (Å²) in [5, 5.41) is 0.526. The van der Waals surface area contributed by atoms with Gasteiger partial charge in [0.15, 0.2) is 0 Å². The standard InChI is InChI=1S/C9H12ClN3O/c1-9(2)5-13-7(12(9)3)6(10)4-11-8(13)14/h4H,5H2,1-3H3. The van der Waals surface area contributed by atoms with E-state index in [2.05, 4.69) is 18.8 Å². The molecule has 0 aliphatic carbocycles. The van der Waals surface area contributed by atoms with Crippen LogP contribution in [-0.4, -0.2) is 22.1 Å². The summed E-state index contributed by atoms with van der Waals surface area (Å²) < 4.78 is 1.61. The molecular formula is C9H12ClN3O. The van der Waals surface area contributed by atoms with Crippen LogP contribution in [0, 0.1) is 0 Å². The maximum Gasteiger partial charge on any atom is 0.349 e. The van der Waals surface area contributed by atoms with Crippen molar-refractivity contribution in [1.29, 1.82) is 0 Å². The van der Waals surface area contributed by atoms with Crippen LogP contribution in [0.5, 0.6) is 0 Å². The van der Waals surface area contributed by atoms with Crippen LogP contribution in [0.25, 0.3) is 0 Å². The Kier molecular flexibility index (Phi) is 1.86. The molecule has 0 fully saturated rings. The highest BCUT2D eigenvalue weighted by Gasteiger charge is 2.35. The summed E-state index contributed by atoms with van der Waals surface area (Å²) in [7, 11) is 1.93. The van der Waals surface area contributed by atoms with Gasteiger partial charge in [0, 0.05) is 7.05 Å². The number of likely N-dealkylation sites (N-methyl/N-ethyl adjacent to an activating group) is 1. The summed E-state index contributed by atoms with van der Waals surface area (Å²) in [5.74, 6) is 0.761. The van der Waals surface area contributed by atoms with Gasteiger partial charge in [0.2, 0.25) is 0 Å². The Balaban J connectivity index is 2.70. The van der Waals surface area contributed by atoms with Crippen LogP contribution in [0.3, 0.4) is 0 Å². The lowest BCUT2D eigenvalue weighted by atomic mass is 10.1. The van der Waals surface area contributed by atoms with E-state index < -0.39 is 0 Å². The van der Waals surface area contributed by atoms with Gasteiger partial charge in [-0.25, -0.2) is 4.79 Å². The van der Waals surface area contributed by atoms with Gasteiger partial charge in [-0.1, -0.05) is 11.6 Å². The van der Waals surface area contributed by atoms with Gasteiger partial charge in [0.25, 0.3) is 0 Å². The first kappa shape index (κ1) is 9.52. The highest BCUT2D eigenvalue weighted by atomic mass is 35.5.